The highest BCUT2D eigenvalue weighted by Crippen LogP contribution is 2.53. The molecule has 2 atom stereocenters. The summed E-state index contributed by atoms with van der Waals surface area (Å²) in [7, 11) is 4.76. The van der Waals surface area contributed by atoms with Gasteiger partial charge in [0.2, 0.25) is 5.75 Å². The van der Waals surface area contributed by atoms with Gasteiger partial charge in [-0.3, -0.25) is 4.79 Å². The standard InChI is InChI=1S/C22H30N2O4/c1-21(2)9-13-10-22(3,11-21)12-24(13)20(25)16-7-14-15(23-16)8-17(26-4)19(28-6)18(14)27-5/h7-8,13,23H,9-12H2,1-6H3/t13-,22-/m1/s1. The van der Waals surface area contributed by atoms with Crippen LogP contribution in [0, 0.1) is 10.8 Å². The molecule has 0 radical (unpaired) electrons. The zero-order valence-electron chi connectivity index (χ0n) is 17.6. The molecule has 4 rings (SSSR count). The summed E-state index contributed by atoms with van der Waals surface area (Å²) in [6, 6.07) is 4.02. The number of methoxy groups -OCH3 is 3. The summed E-state index contributed by atoms with van der Waals surface area (Å²) in [5.41, 5.74) is 1.86. The number of aromatic nitrogens is 1. The van der Waals surface area contributed by atoms with Gasteiger partial charge in [-0.25, -0.2) is 0 Å². The Hall–Kier alpha value is -2.37. The van der Waals surface area contributed by atoms with E-state index in [9.17, 15) is 4.79 Å². The molecule has 28 heavy (non-hydrogen) atoms. The molecule has 6 heteroatoms. The quantitative estimate of drug-likeness (QED) is 0.854. The summed E-state index contributed by atoms with van der Waals surface area (Å²) >= 11 is 0. The van der Waals surface area contributed by atoms with E-state index >= 15 is 0 Å². The van der Waals surface area contributed by atoms with E-state index in [0.717, 1.165) is 36.7 Å². The maximum absolute atomic E-state index is 13.4. The van der Waals surface area contributed by atoms with Crippen molar-refractivity contribution in [2.45, 2.75) is 46.1 Å². The van der Waals surface area contributed by atoms with Gasteiger partial charge in [0, 0.05) is 24.0 Å². The van der Waals surface area contributed by atoms with E-state index < -0.39 is 0 Å². The first-order chi connectivity index (χ1) is 13.2. The van der Waals surface area contributed by atoms with Gasteiger partial charge in [0.25, 0.3) is 5.91 Å². The Morgan fingerprint density at radius 3 is 2.43 bits per heavy atom. The highest BCUT2D eigenvalue weighted by atomic mass is 16.5. The normalized spacial score (nSPS) is 25.8. The van der Waals surface area contributed by atoms with Crippen LogP contribution in [0.2, 0.25) is 0 Å². The number of hydrogen-bond acceptors (Lipinski definition) is 4. The van der Waals surface area contributed by atoms with Crippen molar-refractivity contribution >= 4 is 16.8 Å². The molecule has 1 aromatic heterocycles. The predicted molar refractivity (Wildman–Crippen MR) is 109 cm³/mol. The molecule has 1 amide bonds. The molecule has 1 saturated carbocycles. The average Bonchev–Trinajstić information content (AvgIpc) is 3.16. The first-order valence-corrected chi connectivity index (χ1v) is 9.83. The Kier molecular flexibility index (Phi) is 4.28. The molecule has 1 N–H and O–H groups in total. The summed E-state index contributed by atoms with van der Waals surface area (Å²) in [6.07, 6.45) is 3.31. The zero-order chi connectivity index (χ0) is 20.3. The van der Waals surface area contributed by atoms with Gasteiger partial charge < -0.3 is 24.1 Å². The highest BCUT2D eigenvalue weighted by Gasteiger charge is 2.51. The number of aromatic amines is 1. The second-order valence-corrected chi connectivity index (χ2v) is 9.44. The highest BCUT2D eigenvalue weighted by molar-refractivity contribution is 6.01. The zero-order valence-corrected chi connectivity index (χ0v) is 17.6. The fraction of sp³-hybridized carbons (Fsp3) is 0.591. The van der Waals surface area contributed by atoms with Crippen LogP contribution in [0.3, 0.4) is 0 Å². The summed E-state index contributed by atoms with van der Waals surface area (Å²) in [5, 5.41) is 0.817. The van der Waals surface area contributed by atoms with Gasteiger partial charge in [-0.2, -0.15) is 0 Å². The number of hydrogen-bond donors (Lipinski definition) is 1. The number of benzene rings is 1. The molecule has 6 nitrogen and oxygen atoms in total. The van der Waals surface area contributed by atoms with Crippen molar-refractivity contribution in [3.63, 3.8) is 0 Å². The van der Waals surface area contributed by atoms with Crippen molar-refractivity contribution in [1.82, 2.24) is 9.88 Å². The fourth-order valence-corrected chi connectivity index (χ4v) is 5.72. The van der Waals surface area contributed by atoms with E-state index in [2.05, 4.69) is 30.7 Å². The third-order valence-corrected chi connectivity index (χ3v) is 6.33. The van der Waals surface area contributed by atoms with Crippen molar-refractivity contribution in [3.8, 4) is 17.2 Å². The van der Waals surface area contributed by atoms with Gasteiger partial charge in [0.1, 0.15) is 5.69 Å². The van der Waals surface area contributed by atoms with E-state index in [0.29, 0.717) is 29.0 Å². The third-order valence-electron chi connectivity index (χ3n) is 6.33. The molecule has 1 aromatic carbocycles. The molecule has 152 valence electrons. The van der Waals surface area contributed by atoms with E-state index in [4.69, 9.17) is 14.2 Å². The summed E-state index contributed by atoms with van der Waals surface area (Å²) in [6.45, 7) is 7.77. The van der Waals surface area contributed by atoms with E-state index in [1.807, 2.05) is 12.1 Å². The predicted octanol–water partition coefficient (Wildman–Crippen LogP) is 4.23. The Labute approximate surface area is 166 Å². The van der Waals surface area contributed by atoms with E-state index in [1.165, 1.54) is 0 Å². The maximum Gasteiger partial charge on any atom is 0.270 e. The van der Waals surface area contributed by atoms with Gasteiger partial charge in [-0.1, -0.05) is 20.8 Å². The number of nitrogens with one attached hydrogen (secondary N) is 1. The second-order valence-electron chi connectivity index (χ2n) is 9.44. The minimum absolute atomic E-state index is 0.0580. The van der Waals surface area contributed by atoms with Gasteiger partial charge >= 0.3 is 0 Å². The molecule has 0 spiro atoms. The lowest BCUT2D eigenvalue weighted by Crippen LogP contribution is -2.37. The Bertz CT molecular complexity index is 932. The fourth-order valence-electron chi connectivity index (χ4n) is 5.72. The van der Waals surface area contributed by atoms with Gasteiger partial charge in [-0.15, -0.1) is 0 Å². The van der Waals surface area contributed by atoms with Crippen LogP contribution < -0.4 is 14.2 Å². The van der Waals surface area contributed by atoms with Crippen LogP contribution in [0.25, 0.3) is 10.9 Å². The number of amides is 1. The SMILES string of the molecule is COc1cc2[nH]c(C(=O)N3C[C@]4(C)C[C@H]3CC(C)(C)C4)cc2c(OC)c1OC. The number of likely N-dealkylation sites (tertiary alicyclic amines) is 1. The summed E-state index contributed by atoms with van der Waals surface area (Å²) in [5.74, 6) is 1.73. The molecule has 1 aliphatic heterocycles. The number of H-pyrrole nitrogens is 1. The van der Waals surface area contributed by atoms with E-state index in [-0.39, 0.29) is 16.7 Å². The van der Waals surface area contributed by atoms with Crippen LogP contribution in [0.15, 0.2) is 12.1 Å². The number of ether oxygens (including phenoxy) is 3. The van der Waals surface area contributed by atoms with Crippen LogP contribution in [0.4, 0.5) is 0 Å². The first-order valence-electron chi connectivity index (χ1n) is 9.83. The molecular formula is C22H30N2O4. The molecule has 2 aliphatic rings. The van der Waals surface area contributed by atoms with Crippen molar-refractivity contribution in [2.75, 3.05) is 27.9 Å². The van der Waals surface area contributed by atoms with Crippen LogP contribution in [0.1, 0.15) is 50.5 Å². The summed E-state index contributed by atoms with van der Waals surface area (Å²) < 4.78 is 16.5. The molecule has 1 saturated heterocycles. The van der Waals surface area contributed by atoms with Crippen molar-refractivity contribution in [3.05, 3.63) is 17.8 Å². The molecule has 2 fully saturated rings. The molecule has 0 unspecified atom stereocenters. The molecule has 2 heterocycles. The lowest BCUT2D eigenvalue weighted by Gasteiger charge is -2.39. The smallest absolute Gasteiger partial charge is 0.270 e. The van der Waals surface area contributed by atoms with Crippen LogP contribution in [-0.4, -0.2) is 49.7 Å². The molecule has 2 aromatic rings. The number of carbonyl (C=O) groups is 1. The average molecular weight is 386 g/mol. The lowest BCUT2D eigenvalue weighted by atomic mass is 9.65. The van der Waals surface area contributed by atoms with Crippen molar-refractivity contribution < 1.29 is 19.0 Å². The number of fused-ring (bicyclic) bond motifs is 3. The Balaban J connectivity index is 1.73. The van der Waals surface area contributed by atoms with Gasteiger partial charge in [0.05, 0.1) is 26.8 Å². The third kappa shape index (κ3) is 2.90. The summed E-state index contributed by atoms with van der Waals surface area (Å²) in [4.78, 5) is 18.8. The van der Waals surface area contributed by atoms with Crippen LogP contribution >= 0.6 is 0 Å². The number of carbonyl (C=O) groups excluding carboxylic acids is 1. The van der Waals surface area contributed by atoms with Gasteiger partial charge in [0.15, 0.2) is 11.5 Å². The topological polar surface area (TPSA) is 63.8 Å². The molecule has 2 bridgehead atoms. The van der Waals surface area contributed by atoms with Crippen molar-refractivity contribution in [2.24, 2.45) is 10.8 Å². The van der Waals surface area contributed by atoms with E-state index in [1.54, 1.807) is 21.3 Å². The lowest BCUT2D eigenvalue weighted by molar-refractivity contribution is 0.0703. The molecular weight excluding hydrogens is 356 g/mol. The Morgan fingerprint density at radius 1 is 1.07 bits per heavy atom. The number of rotatable bonds is 4. The Morgan fingerprint density at radius 2 is 1.79 bits per heavy atom. The second kappa shape index (κ2) is 6.33. The first kappa shape index (κ1) is 19.0. The van der Waals surface area contributed by atoms with Crippen molar-refractivity contribution in [1.29, 1.82) is 0 Å². The van der Waals surface area contributed by atoms with Gasteiger partial charge in [-0.05, 0) is 36.2 Å². The van der Waals surface area contributed by atoms with Crippen LogP contribution in [-0.2, 0) is 0 Å². The van der Waals surface area contributed by atoms with Crippen LogP contribution in [0.5, 0.6) is 17.2 Å². The molecule has 1 aliphatic carbocycles. The minimum Gasteiger partial charge on any atom is -0.493 e. The minimum atomic E-state index is 0.0580. The maximum atomic E-state index is 13.4. The number of nitrogens with zero attached hydrogens (tertiary/aromatic N) is 1. The monoisotopic (exact) mass is 386 g/mol. The largest absolute Gasteiger partial charge is 0.493 e.